The Hall–Kier alpha value is -0.120. The van der Waals surface area contributed by atoms with Gasteiger partial charge in [0.25, 0.3) is 0 Å². The molecule has 3 atom stereocenters. The molecule has 0 N–H and O–H groups in total. The van der Waals surface area contributed by atoms with Crippen LogP contribution in [0.15, 0.2) is 0 Å². The van der Waals surface area contributed by atoms with E-state index >= 15 is 0 Å². The van der Waals surface area contributed by atoms with E-state index in [-0.39, 0.29) is 11.7 Å². The van der Waals surface area contributed by atoms with Gasteiger partial charge in [-0.1, -0.05) is 26.2 Å². The van der Waals surface area contributed by atoms with Gasteiger partial charge in [0.1, 0.15) is 6.61 Å². The maximum Gasteiger partial charge on any atom is 0.192 e. The predicted molar refractivity (Wildman–Crippen MR) is 62.3 cm³/mol. The first-order chi connectivity index (χ1) is 7.64. The first kappa shape index (κ1) is 12.3. The van der Waals surface area contributed by atoms with Crippen molar-refractivity contribution in [1.82, 2.24) is 0 Å². The van der Waals surface area contributed by atoms with Gasteiger partial charge in [-0.15, -0.1) is 0 Å². The summed E-state index contributed by atoms with van der Waals surface area (Å²) in [4.78, 5) is 0. The highest BCUT2D eigenvalue weighted by atomic mass is 16.7. The lowest BCUT2D eigenvalue weighted by atomic mass is 9.90. The second kappa shape index (κ2) is 4.63. The van der Waals surface area contributed by atoms with Crippen molar-refractivity contribution >= 4 is 0 Å². The standard InChI is InChI=1S/C13H24O3/c1-4-5-6-8-12(2)11-7-9-13(14-3,16-11)10-15-12/h11H,4-10H2,1-3H3/t11-,12?,13?/m0/s1. The number of methoxy groups -OCH3 is 1. The highest BCUT2D eigenvalue weighted by Crippen LogP contribution is 2.44. The van der Waals surface area contributed by atoms with Crippen LogP contribution in [0.25, 0.3) is 0 Å². The van der Waals surface area contributed by atoms with Crippen molar-refractivity contribution in [3.8, 4) is 0 Å². The molecule has 2 heterocycles. The van der Waals surface area contributed by atoms with Crippen molar-refractivity contribution in [2.45, 2.75) is 69.9 Å². The topological polar surface area (TPSA) is 27.7 Å². The van der Waals surface area contributed by atoms with Gasteiger partial charge in [0.15, 0.2) is 5.79 Å². The molecule has 0 aromatic carbocycles. The van der Waals surface area contributed by atoms with Gasteiger partial charge in [-0.25, -0.2) is 0 Å². The lowest BCUT2D eigenvalue weighted by Gasteiger charge is -2.43. The van der Waals surface area contributed by atoms with E-state index in [1.54, 1.807) is 7.11 Å². The molecular weight excluding hydrogens is 204 g/mol. The van der Waals surface area contributed by atoms with Gasteiger partial charge >= 0.3 is 0 Å². The summed E-state index contributed by atoms with van der Waals surface area (Å²) < 4.78 is 17.5. The normalized spacial score (nSPS) is 42.6. The van der Waals surface area contributed by atoms with E-state index in [1.807, 2.05) is 0 Å². The smallest absolute Gasteiger partial charge is 0.192 e. The molecule has 0 radical (unpaired) electrons. The average molecular weight is 228 g/mol. The molecule has 94 valence electrons. The molecule has 0 aromatic heterocycles. The third-order valence-electron chi connectivity index (χ3n) is 4.10. The van der Waals surface area contributed by atoms with E-state index in [9.17, 15) is 0 Å². The predicted octanol–water partition coefficient (Wildman–Crippen LogP) is 2.88. The quantitative estimate of drug-likeness (QED) is 0.677. The summed E-state index contributed by atoms with van der Waals surface area (Å²) in [5.74, 6) is -0.436. The largest absolute Gasteiger partial charge is 0.367 e. The van der Waals surface area contributed by atoms with Crippen LogP contribution in [-0.4, -0.2) is 31.2 Å². The Labute approximate surface area is 98.4 Å². The summed E-state index contributed by atoms with van der Waals surface area (Å²) in [7, 11) is 1.71. The zero-order valence-corrected chi connectivity index (χ0v) is 10.8. The van der Waals surface area contributed by atoms with Crippen LogP contribution in [0, 0.1) is 0 Å². The Morgan fingerprint density at radius 1 is 1.38 bits per heavy atom. The van der Waals surface area contributed by atoms with Gasteiger partial charge in [0, 0.05) is 13.5 Å². The van der Waals surface area contributed by atoms with Crippen LogP contribution in [0.1, 0.15) is 52.4 Å². The molecule has 0 aromatic rings. The molecule has 3 nitrogen and oxygen atoms in total. The minimum absolute atomic E-state index is 0.0896. The minimum Gasteiger partial charge on any atom is -0.367 e. The molecule has 16 heavy (non-hydrogen) atoms. The zero-order valence-electron chi connectivity index (χ0n) is 10.8. The van der Waals surface area contributed by atoms with E-state index in [0.29, 0.717) is 6.61 Å². The second-order valence-electron chi connectivity index (χ2n) is 5.32. The van der Waals surface area contributed by atoms with Crippen LogP contribution in [-0.2, 0) is 14.2 Å². The van der Waals surface area contributed by atoms with Crippen LogP contribution in [0.2, 0.25) is 0 Å². The summed E-state index contributed by atoms with van der Waals surface area (Å²) in [6.45, 7) is 5.01. The molecule has 2 aliphatic heterocycles. The van der Waals surface area contributed by atoms with Gasteiger partial charge in [-0.2, -0.15) is 0 Å². The maximum absolute atomic E-state index is 6.04. The molecule has 2 saturated heterocycles. The van der Waals surface area contributed by atoms with Gasteiger partial charge < -0.3 is 14.2 Å². The number of hydrogen-bond donors (Lipinski definition) is 0. The summed E-state index contributed by atoms with van der Waals surface area (Å²) in [5, 5.41) is 0. The zero-order chi connectivity index (χ0) is 11.6. The summed E-state index contributed by atoms with van der Waals surface area (Å²) in [6.07, 6.45) is 7.12. The third kappa shape index (κ3) is 2.13. The van der Waals surface area contributed by atoms with Crippen molar-refractivity contribution in [1.29, 1.82) is 0 Å². The monoisotopic (exact) mass is 228 g/mol. The van der Waals surface area contributed by atoms with E-state index in [2.05, 4.69) is 13.8 Å². The molecule has 2 fully saturated rings. The SMILES string of the molecule is CCCCCC1(C)OCC2(OC)CC[C@@H]1O2. The highest BCUT2D eigenvalue weighted by molar-refractivity contribution is 4.97. The Kier molecular flexibility index (Phi) is 3.57. The van der Waals surface area contributed by atoms with Crippen molar-refractivity contribution in [2.24, 2.45) is 0 Å². The molecule has 0 saturated carbocycles. The molecular formula is C13H24O3. The molecule has 2 aliphatic rings. The maximum atomic E-state index is 6.04. The van der Waals surface area contributed by atoms with Crippen LogP contribution in [0.3, 0.4) is 0 Å². The first-order valence-corrected chi connectivity index (χ1v) is 6.51. The van der Waals surface area contributed by atoms with Crippen molar-refractivity contribution < 1.29 is 14.2 Å². The van der Waals surface area contributed by atoms with Crippen molar-refractivity contribution in [3.05, 3.63) is 0 Å². The van der Waals surface area contributed by atoms with Crippen molar-refractivity contribution in [2.75, 3.05) is 13.7 Å². The average Bonchev–Trinajstić information content (AvgIpc) is 2.68. The number of rotatable bonds is 5. The van der Waals surface area contributed by atoms with E-state index < -0.39 is 5.79 Å². The molecule has 2 unspecified atom stereocenters. The summed E-state index contributed by atoms with van der Waals surface area (Å²) >= 11 is 0. The molecule has 0 spiro atoms. The molecule has 2 bridgehead atoms. The van der Waals surface area contributed by atoms with E-state index in [1.165, 1.54) is 19.3 Å². The van der Waals surface area contributed by atoms with Crippen molar-refractivity contribution in [3.63, 3.8) is 0 Å². The Morgan fingerprint density at radius 3 is 2.88 bits per heavy atom. The van der Waals surface area contributed by atoms with Crippen LogP contribution >= 0.6 is 0 Å². The fourth-order valence-corrected chi connectivity index (χ4v) is 2.80. The Balaban J connectivity index is 1.93. The Morgan fingerprint density at radius 2 is 2.19 bits per heavy atom. The minimum atomic E-state index is -0.436. The number of fused-ring (bicyclic) bond motifs is 2. The van der Waals surface area contributed by atoms with Gasteiger partial charge in [-0.05, 0) is 19.8 Å². The third-order valence-corrected chi connectivity index (χ3v) is 4.10. The second-order valence-corrected chi connectivity index (χ2v) is 5.32. The van der Waals surface area contributed by atoms with Crippen LogP contribution < -0.4 is 0 Å². The van der Waals surface area contributed by atoms with Gasteiger partial charge in [0.2, 0.25) is 0 Å². The van der Waals surface area contributed by atoms with Crippen LogP contribution in [0.5, 0.6) is 0 Å². The summed E-state index contributed by atoms with van der Waals surface area (Å²) in [5.41, 5.74) is -0.0896. The molecule has 0 aliphatic carbocycles. The molecule has 2 rings (SSSR count). The molecule has 3 heteroatoms. The number of hydrogen-bond acceptors (Lipinski definition) is 3. The van der Waals surface area contributed by atoms with Gasteiger partial charge in [-0.3, -0.25) is 0 Å². The highest BCUT2D eigenvalue weighted by Gasteiger charge is 2.53. The lowest BCUT2D eigenvalue weighted by molar-refractivity contribution is -0.320. The lowest BCUT2D eigenvalue weighted by Crippen LogP contribution is -2.53. The molecule has 0 amide bonds. The fraction of sp³-hybridized carbons (Fsp3) is 1.00. The Bertz CT molecular complexity index is 243. The number of unbranched alkanes of at least 4 members (excludes halogenated alkanes) is 2. The summed E-state index contributed by atoms with van der Waals surface area (Å²) in [6, 6.07) is 0. The fourth-order valence-electron chi connectivity index (χ4n) is 2.80. The van der Waals surface area contributed by atoms with Gasteiger partial charge in [0.05, 0.1) is 11.7 Å². The van der Waals surface area contributed by atoms with E-state index in [4.69, 9.17) is 14.2 Å². The number of ether oxygens (including phenoxy) is 3. The first-order valence-electron chi connectivity index (χ1n) is 6.51. The van der Waals surface area contributed by atoms with E-state index in [0.717, 1.165) is 19.3 Å². The van der Waals surface area contributed by atoms with Crippen LogP contribution in [0.4, 0.5) is 0 Å².